The predicted molar refractivity (Wildman–Crippen MR) is 116 cm³/mol. The van der Waals surface area contributed by atoms with E-state index in [-0.39, 0.29) is 11.7 Å². The molecule has 0 bridgehead atoms. The first kappa shape index (κ1) is 19.2. The van der Waals surface area contributed by atoms with E-state index in [2.05, 4.69) is 47.9 Å². The van der Waals surface area contributed by atoms with Gasteiger partial charge in [-0.05, 0) is 53.1 Å². The van der Waals surface area contributed by atoms with Crippen molar-refractivity contribution >= 4 is 29.6 Å². The number of aromatic amines is 1. The molecule has 1 aliphatic heterocycles. The smallest absolute Gasteiger partial charge is 0.219 e. The van der Waals surface area contributed by atoms with E-state index in [0.29, 0.717) is 6.04 Å². The van der Waals surface area contributed by atoms with Crippen LogP contribution in [0.3, 0.4) is 0 Å². The van der Waals surface area contributed by atoms with Crippen LogP contribution in [0.5, 0.6) is 0 Å². The molecule has 2 aromatic carbocycles. The maximum absolute atomic E-state index is 13.4. The maximum Gasteiger partial charge on any atom is 0.219 e. The lowest BCUT2D eigenvalue weighted by Crippen LogP contribution is -2.44. The third-order valence-electron chi connectivity index (χ3n) is 5.93. The zero-order valence-electron chi connectivity index (χ0n) is 16.9. The summed E-state index contributed by atoms with van der Waals surface area (Å²) in [4.78, 5) is 18.8. The van der Waals surface area contributed by atoms with Crippen molar-refractivity contribution in [1.82, 2.24) is 14.8 Å². The summed E-state index contributed by atoms with van der Waals surface area (Å²) in [5, 5.41) is 3.03. The van der Waals surface area contributed by atoms with Crippen molar-refractivity contribution in [1.29, 1.82) is 0 Å². The molecule has 1 fully saturated rings. The largest absolute Gasteiger partial charge is 0.377 e. The first-order chi connectivity index (χ1) is 13.9. The third-order valence-corrected chi connectivity index (χ3v) is 5.93. The van der Waals surface area contributed by atoms with Crippen molar-refractivity contribution in [3.05, 3.63) is 58.8 Å². The molecule has 29 heavy (non-hydrogen) atoms. The number of fused-ring (bicyclic) bond motifs is 1. The normalized spacial score (nSPS) is 15.8. The molecule has 4 nitrogen and oxygen atoms in total. The summed E-state index contributed by atoms with van der Waals surface area (Å²) < 4.78 is 13.4. The summed E-state index contributed by atoms with van der Waals surface area (Å²) in [6, 6.07) is 11.5. The lowest BCUT2D eigenvalue weighted by Gasteiger charge is -2.36. The number of H-pyrrole nitrogens is 1. The van der Waals surface area contributed by atoms with Crippen molar-refractivity contribution in [2.45, 2.75) is 25.8 Å². The average molecular weight is 391 g/mol. The number of hydrogen-bond donors (Lipinski definition) is 1. The molecule has 0 radical (unpaired) electrons. The quantitative estimate of drug-likeness (QED) is 0.745. The Morgan fingerprint density at radius 1 is 1.24 bits per heavy atom. The molecule has 1 saturated heterocycles. The number of piperidine rings is 1. The molecule has 1 N–H and O–H groups in total. The SMILES string of the molecule is C=c1cc(-c2c[nH]c3cc(F)ccc23)ccc1=CN(C)C1CCN(C(C)=O)CC1. The van der Waals surface area contributed by atoms with Gasteiger partial charge in [-0.1, -0.05) is 18.7 Å². The van der Waals surface area contributed by atoms with E-state index in [1.807, 2.05) is 11.1 Å². The van der Waals surface area contributed by atoms with E-state index in [4.69, 9.17) is 0 Å². The van der Waals surface area contributed by atoms with E-state index in [9.17, 15) is 9.18 Å². The van der Waals surface area contributed by atoms with Gasteiger partial charge in [-0.25, -0.2) is 4.39 Å². The standard InChI is InChI=1S/C24H26FN3O/c1-16-12-18(23-14-26-24-13-20(25)6-7-22(23)24)4-5-19(16)15-27(3)21-8-10-28(11-9-21)17(2)29/h4-7,12-15,21,26H,1,8-11H2,2-3H3. The number of nitrogens with zero attached hydrogens (tertiary/aromatic N) is 2. The molecule has 1 amide bonds. The van der Waals surface area contributed by atoms with Crippen LogP contribution in [0, 0.1) is 5.82 Å². The zero-order chi connectivity index (χ0) is 20.5. The Kier molecular flexibility index (Phi) is 5.14. The van der Waals surface area contributed by atoms with Gasteiger partial charge in [0.1, 0.15) is 5.82 Å². The van der Waals surface area contributed by atoms with Crippen molar-refractivity contribution in [3.8, 4) is 11.1 Å². The first-order valence-corrected chi connectivity index (χ1v) is 9.97. The van der Waals surface area contributed by atoms with Gasteiger partial charge in [-0.3, -0.25) is 4.79 Å². The number of benzene rings is 2. The number of carbonyl (C=O) groups is 1. The van der Waals surface area contributed by atoms with Crippen LogP contribution in [0.25, 0.3) is 34.8 Å². The third kappa shape index (κ3) is 3.90. The topological polar surface area (TPSA) is 39.3 Å². The Morgan fingerprint density at radius 2 is 2.00 bits per heavy atom. The molecule has 0 unspecified atom stereocenters. The molecule has 150 valence electrons. The molecule has 3 aromatic rings. The lowest BCUT2D eigenvalue weighted by atomic mass is 10.0. The summed E-state index contributed by atoms with van der Waals surface area (Å²) in [5.74, 6) is -0.0865. The van der Waals surface area contributed by atoms with Crippen molar-refractivity contribution in [2.75, 3.05) is 20.1 Å². The maximum atomic E-state index is 13.4. The summed E-state index contributed by atoms with van der Waals surface area (Å²) in [6.45, 7) is 7.50. The van der Waals surface area contributed by atoms with Crippen molar-refractivity contribution in [2.24, 2.45) is 0 Å². The monoisotopic (exact) mass is 391 g/mol. The number of nitrogens with one attached hydrogen (secondary N) is 1. The highest BCUT2D eigenvalue weighted by Gasteiger charge is 2.22. The number of likely N-dealkylation sites (tertiary alicyclic amines) is 1. The molecular formula is C24H26FN3O. The van der Waals surface area contributed by atoms with Crippen LogP contribution in [0.2, 0.25) is 0 Å². The molecule has 0 aliphatic carbocycles. The van der Waals surface area contributed by atoms with Crippen LogP contribution in [-0.4, -0.2) is 46.9 Å². The Balaban J connectivity index is 1.57. The van der Waals surface area contributed by atoms with Crippen LogP contribution in [0.15, 0.2) is 42.6 Å². The van der Waals surface area contributed by atoms with Gasteiger partial charge in [0.05, 0.1) is 0 Å². The van der Waals surface area contributed by atoms with Gasteiger partial charge >= 0.3 is 0 Å². The minimum atomic E-state index is -0.245. The number of hydrogen-bond acceptors (Lipinski definition) is 2. The summed E-state index contributed by atoms with van der Waals surface area (Å²) in [6.07, 6.45) is 6.01. The number of aromatic nitrogens is 1. The Hall–Kier alpha value is -3.08. The fourth-order valence-electron chi connectivity index (χ4n) is 4.15. The number of rotatable bonds is 3. The van der Waals surface area contributed by atoms with Gasteiger partial charge in [0, 0.05) is 62.0 Å². The summed E-state index contributed by atoms with van der Waals surface area (Å²) >= 11 is 0. The minimum Gasteiger partial charge on any atom is -0.377 e. The van der Waals surface area contributed by atoms with Gasteiger partial charge in [0.15, 0.2) is 0 Å². The molecule has 0 spiro atoms. The Bertz CT molecular complexity index is 1160. The summed E-state index contributed by atoms with van der Waals surface area (Å²) in [5.41, 5.74) is 2.89. The molecule has 1 aromatic heterocycles. The van der Waals surface area contributed by atoms with E-state index >= 15 is 0 Å². The van der Waals surface area contributed by atoms with Gasteiger partial charge < -0.3 is 14.8 Å². The Morgan fingerprint density at radius 3 is 2.69 bits per heavy atom. The van der Waals surface area contributed by atoms with Crippen LogP contribution in [0.4, 0.5) is 4.39 Å². The van der Waals surface area contributed by atoms with E-state index in [0.717, 1.165) is 58.4 Å². The summed E-state index contributed by atoms with van der Waals surface area (Å²) in [7, 11) is 2.09. The Labute approximate surface area is 169 Å². The molecule has 1 aliphatic rings. The lowest BCUT2D eigenvalue weighted by molar-refractivity contribution is -0.130. The van der Waals surface area contributed by atoms with Gasteiger partial charge in [-0.15, -0.1) is 0 Å². The second-order valence-corrected chi connectivity index (χ2v) is 7.84. The molecule has 0 atom stereocenters. The second-order valence-electron chi connectivity index (χ2n) is 7.84. The number of amides is 1. The zero-order valence-corrected chi connectivity index (χ0v) is 16.9. The van der Waals surface area contributed by atoms with Crippen LogP contribution in [-0.2, 0) is 4.79 Å². The molecule has 5 heteroatoms. The highest BCUT2D eigenvalue weighted by atomic mass is 19.1. The minimum absolute atomic E-state index is 0.158. The van der Waals surface area contributed by atoms with Crippen LogP contribution in [0.1, 0.15) is 19.8 Å². The van der Waals surface area contributed by atoms with Crippen molar-refractivity contribution in [3.63, 3.8) is 0 Å². The first-order valence-electron chi connectivity index (χ1n) is 9.97. The molecule has 4 rings (SSSR count). The number of halogens is 1. The van der Waals surface area contributed by atoms with Gasteiger partial charge in [-0.2, -0.15) is 0 Å². The molecule has 2 heterocycles. The van der Waals surface area contributed by atoms with E-state index < -0.39 is 0 Å². The molecular weight excluding hydrogens is 365 g/mol. The number of carbonyl (C=O) groups excluding carboxylic acids is 1. The highest BCUT2D eigenvalue weighted by molar-refractivity contribution is 5.95. The van der Waals surface area contributed by atoms with Gasteiger partial charge in [0.25, 0.3) is 0 Å². The van der Waals surface area contributed by atoms with E-state index in [1.54, 1.807) is 13.0 Å². The average Bonchev–Trinajstić information content (AvgIpc) is 3.12. The second kappa shape index (κ2) is 7.74. The highest BCUT2D eigenvalue weighted by Crippen LogP contribution is 2.27. The van der Waals surface area contributed by atoms with E-state index in [1.165, 1.54) is 12.1 Å². The fourth-order valence-corrected chi connectivity index (χ4v) is 4.15. The fraction of sp³-hybridized carbons (Fsp3) is 0.292. The van der Waals surface area contributed by atoms with Crippen LogP contribution < -0.4 is 10.4 Å². The van der Waals surface area contributed by atoms with Crippen LogP contribution >= 0.6 is 0 Å². The molecule has 0 saturated carbocycles. The van der Waals surface area contributed by atoms with Crippen molar-refractivity contribution < 1.29 is 9.18 Å². The van der Waals surface area contributed by atoms with Gasteiger partial charge in [0.2, 0.25) is 5.91 Å². The predicted octanol–water partition coefficient (Wildman–Crippen LogP) is 3.07.